The average Bonchev–Trinajstić information content (AvgIpc) is 3.12. The van der Waals surface area contributed by atoms with Crippen molar-refractivity contribution in [3.05, 3.63) is 22.4 Å². The maximum Gasteiger partial charge on any atom is 0.243 e. The molecule has 0 unspecified atom stereocenters. The summed E-state index contributed by atoms with van der Waals surface area (Å²) < 4.78 is 5.08. The number of aliphatic imine (C=N–C) groups is 1. The third kappa shape index (κ3) is 10.4. The summed E-state index contributed by atoms with van der Waals surface area (Å²) in [6.07, 6.45) is 1.96. The summed E-state index contributed by atoms with van der Waals surface area (Å²) in [5, 5.41) is 8.71. The molecular weight excluding hydrogens is 350 g/mol. The minimum atomic E-state index is -0.0129. The van der Waals surface area contributed by atoms with Crippen LogP contribution in [0, 0.1) is 0 Å². The van der Waals surface area contributed by atoms with E-state index in [4.69, 9.17) is 4.74 Å². The van der Waals surface area contributed by atoms with Crippen LogP contribution in [0.2, 0.25) is 0 Å². The SMILES string of the molecule is COCCCN(C)CCNC(=NCC(=O)N(C)C)NCCc1cccs1. The third-order valence-electron chi connectivity index (χ3n) is 3.79. The molecule has 1 amide bonds. The largest absolute Gasteiger partial charge is 0.385 e. The van der Waals surface area contributed by atoms with Gasteiger partial charge in [-0.05, 0) is 31.3 Å². The lowest BCUT2D eigenvalue weighted by atomic mass is 10.3. The number of hydrogen-bond donors (Lipinski definition) is 2. The molecule has 0 aliphatic rings. The number of rotatable bonds is 12. The fourth-order valence-corrected chi connectivity index (χ4v) is 2.89. The first kappa shape index (κ1) is 22.4. The van der Waals surface area contributed by atoms with Crippen LogP contribution < -0.4 is 10.6 Å². The normalized spacial score (nSPS) is 11.7. The first-order valence-corrected chi connectivity index (χ1v) is 9.83. The number of hydrogen-bond acceptors (Lipinski definition) is 5. The maximum absolute atomic E-state index is 11.8. The quantitative estimate of drug-likeness (QED) is 0.319. The van der Waals surface area contributed by atoms with Crippen molar-refractivity contribution in [2.45, 2.75) is 12.8 Å². The van der Waals surface area contributed by atoms with Gasteiger partial charge in [-0.3, -0.25) is 4.79 Å². The zero-order valence-electron chi connectivity index (χ0n) is 16.5. The minimum Gasteiger partial charge on any atom is -0.385 e. The van der Waals surface area contributed by atoms with Gasteiger partial charge >= 0.3 is 0 Å². The summed E-state index contributed by atoms with van der Waals surface area (Å²) in [6.45, 7) is 4.37. The second kappa shape index (κ2) is 13.5. The van der Waals surface area contributed by atoms with E-state index in [1.807, 2.05) is 0 Å². The number of nitrogens with zero attached hydrogens (tertiary/aromatic N) is 3. The summed E-state index contributed by atoms with van der Waals surface area (Å²) in [7, 11) is 7.30. The Labute approximate surface area is 161 Å². The van der Waals surface area contributed by atoms with Gasteiger partial charge in [0.25, 0.3) is 0 Å². The maximum atomic E-state index is 11.8. The number of methoxy groups -OCH3 is 1. The van der Waals surface area contributed by atoms with Gasteiger partial charge in [-0.2, -0.15) is 0 Å². The van der Waals surface area contributed by atoms with Crippen molar-refractivity contribution in [1.82, 2.24) is 20.4 Å². The molecule has 26 heavy (non-hydrogen) atoms. The van der Waals surface area contributed by atoms with E-state index < -0.39 is 0 Å². The zero-order chi connectivity index (χ0) is 19.2. The molecule has 1 heterocycles. The summed E-state index contributed by atoms with van der Waals surface area (Å²) in [5.41, 5.74) is 0. The Kier molecular flexibility index (Phi) is 11.7. The Morgan fingerprint density at radius 1 is 1.23 bits per heavy atom. The predicted octanol–water partition coefficient (Wildman–Crippen LogP) is 0.882. The molecule has 1 rings (SSSR count). The molecule has 0 radical (unpaired) electrons. The number of ether oxygens (including phenoxy) is 1. The highest BCUT2D eigenvalue weighted by Crippen LogP contribution is 2.07. The van der Waals surface area contributed by atoms with Gasteiger partial charge in [0.15, 0.2) is 5.96 Å². The van der Waals surface area contributed by atoms with E-state index in [-0.39, 0.29) is 12.5 Å². The molecule has 0 atom stereocenters. The van der Waals surface area contributed by atoms with Crippen molar-refractivity contribution >= 4 is 23.2 Å². The van der Waals surface area contributed by atoms with Crippen molar-refractivity contribution < 1.29 is 9.53 Å². The minimum absolute atomic E-state index is 0.0129. The monoisotopic (exact) mass is 383 g/mol. The molecule has 148 valence electrons. The molecule has 7 nitrogen and oxygen atoms in total. The van der Waals surface area contributed by atoms with E-state index in [1.165, 1.54) is 4.88 Å². The lowest BCUT2D eigenvalue weighted by Crippen LogP contribution is -2.42. The van der Waals surface area contributed by atoms with E-state index in [0.29, 0.717) is 5.96 Å². The second-order valence-electron chi connectivity index (χ2n) is 6.29. The topological polar surface area (TPSA) is 69.2 Å². The number of thiophene rings is 1. The molecule has 1 aromatic rings. The van der Waals surface area contributed by atoms with Gasteiger partial charge < -0.3 is 25.2 Å². The Morgan fingerprint density at radius 3 is 2.65 bits per heavy atom. The van der Waals surface area contributed by atoms with Crippen molar-refractivity contribution in [2.75, 3.05) is 67.6 Å². The van der Waals surface area contributed by atoms with Crippen molar-refractivity contribution in [2.24, 2.45) is 4.99 Å². The van der Waals surface area contributed by atoms with Crippen LogP contribution in [0.25, 0.3) is 0 Å². The molecule has 0 aliphatic carbocycles. The average molecular weight is 384 g/mol. The first-order chi connectivity index (χ1) is 12.5. The van der Waals surface area contributed by atoms with E-state index in [0.717, 1.165) is 45.6 Å². The smallest absolute Gasteiger partial charge is 0.243 e. The molecule has 0 aliphatic heterocycles. The third-order valence-corrected chi connectivity index (χ3v) is 4.73. The van der Waals surface area contributed by atoms with E-state index in [2.05, 4.69) is 45.1 Å². The fraction of sp³-hybridized carbons (Fsp3) is 0.667. The van der Waals surface area contributed by atoms with Crippen molar-refractivity contribution in [3.63, 3.8) is 0 Å². The van der Waals surface area contributed by atoms with Crippen LogP contribution in [0.15, 0.2) is 22.5 Å². The summed E-state index contributed by atoms with van der Waals surface area (Å²) >= 11 is 1.75. The van der Waals surface area contributed by atoms with Gasteiger partial charge in [-0.15, -0.1) is 11.3 Å². The van der Waals surface area contributed by atoms with Gasteiger partial charge in [-0.1, -0.05) is 6.07 Å². The second-order valence-corrected chi connectivity index (χ2v) is 7.32. The van der Waals surface area contributed by atoms with Crippen LogP contribution in [0.1, 0.15) is 11.3 Å². The van der Waals surface area contributed by atoms with Crippen LogP contribution in [0.4, 0.5) is 0 Å². The Hall–Kier alpha value is -1.64. The fourth-order valence-electron chi connectivity index (χ4n) is 2.18. The molecule has 1 aromatic heterocycles. The molecule has 0 saturated heterocycles. The van der Waals surface area contributed by atoms with Gasteiger partial charge in [0, 0.05) is 58.9 Å². The van der Waals surface area contributed by atoms with Crippen molar-refractivity contribution in [3.8, 4) is 0 Å². The number of likely N-dealkylation sites (N-methyl/N-ethyl adjacent to an activating group) is 2. The summed E-state index contributed by atoms with van der Waals surface area (Å²) in [6, 6.07) is 4.18. The van der Waals surface area contributed by atoms with Gasteiger partial charge in [0.05, 0.1) is 0 Å². The molecular formula is C18H33N5O2S. The summed E-state index contributed by atoms with van der Waals surface area (Å²) in [4.78, 5) is 21.3. The number of nitrogens with one attached hydrogen (secondary N) is 2. The Balaban J connectivity index is 2.40. The number of carbonyl (C=O) groups is 1. The molecule has 0 fully saturated rings. The van der Waals surface area contributed by atoms with Crippen LogP contribution in [-0.2, 0) is 16.0 Å². The van der Waals surface area contributed by atoms with E-state index in [9.17, 15) is 4.79 Å². The summed E-state index contributed by atoms with van der Waals surface area (Å²) in [5.74, 6) is 0.670. The van der Waals surface area contributed by atoms with E-state index in [1.54, 1.807) is 37.4 Å². The predicted molar refractivity (Wildman–Crippen MR) is 109 cm³/mol. The first-order valence-electron chi connectivity index (χ1n) is 8.95. The van der Waals surface area contributed by atoms with Crippen LogP contribution in [-0.4, -0.2) is 89.3 Å². The Morgan fingerprint density at radius 2 is 2.00 bits per heavy atom. The van der Waals surface area contributed by atoms with Gasteiger partial charge in [0.2, 0.25) is 5.91 Å². The number of guanidine groups is 1. The van der Waals surface area contributed by atoms with Gasteiger partial charge in [0.1, 0.15) is 6.54 Å². The molecule has 8 heteroatoms. The van der Waals surface area contributed by atoms with Gasteiger partial charge in [-0.25, -0.2) is 4.99 Å². The Bertz CT molecular complexity index is 520. The highest BCUT2D eigenvalue weighted by atomic mass is 32.1. The molecule has 0 aromatic carbocycles. The van der Waals surface area contributed by atoms with Crippen molar-refractivity contribution in [1.29, 1.82) is 0 Å². The molecule has 0 saturated carbocycles. The highest BCUT2D eigenvalue weighted by molar-refractivity contribution is 7.09. The lowest BCUT2D eigenvalue weighted by molar-refractivity contribution is -0.127. The molecule has 0 bridgehead atoms. The lowest BCUT2D eigenvalue weighted by Gasteiger charge is -2.18. The zero-order valence-corrected chi connectivity index (χ0v) is 17.3. The number of carbonyl (C=O) groups excluding carboxylic acids is 1. The van der Waals surface area contributed by atoms with Crippen LogP contribution in [0.5, 0.6) is 0 Å². The highest BCUT2D eigenvalue weighted by Gasteiger charge is 2.05. The number of amides is 1. The van der Waals surface area contributed by atoms with Crippen LogP contribution >= 0.6 is 11.3 Å². The standard InChI is InChI=1S/C18H33N5O2S/c1-22(2)17(24)15-21-18(19-9-8-16-7-5-14-26-16)20-10-12-23(3)11-6-13-25-4/h5,7,14H,6,8-13,15H2,1-4H3,(H2,19,20,21). The van der Waals surface area contributed by atoms with Crippen LogP contribution in [0.3, 0.4) is 0 Å². The van der Waals surface area contributed by atoms with E-state index >= 15 is 0 Å². The molecule has 0 spiro atoms. The molecule has 2 N–H and O–H groups in total.